The Hall–Kier alpha value is -3.56. The van der Waals surface area contributed by atoms with Crippen LogP contribution in [0, 0.1) is 0 Å². The first-order chi connectivity index (χ1) is 14.1. The summed E-state index contributed by atoms with van der Waals surface area (Å²) in [7, 11) is 0.336. The van der Waals surface area contributed by atoms with Crippen molar-refractivity contribution in [3.63, 3.8) is 0 Å². The molecule has 8 nitrogen and oxygen atoms in total. The number of rotatable bonds is 6. The standard InChI is InChI=1S/C20H17N5O3S/c1-21-29(28)15-4-2-3-14(9-15)25-19-17-16(10-22-18(17)23-11-24-19)12-5-7-13(8-6-12)20(26)27/h2-11,21H,1H3,(H,26,27)(H2,22,23,24,25). The molecule has 2 heterocycles. The van der Waals surface area contributed by atoms with Gasteiger partial charge in [-0.25, -0.2) is 23.7 Å². The Morgan fingerprint density at radius 3 is 2.66 bits per heavy atom. The highest BCUT2D eigenvalue weighted by Crippen LogP contribution is 2.33. The minimum atomic E-state index is -1.30. The molecule has 0 fully saturated rings. The van der Waals surface area contributed by atoms with Gasteiger partial charge in [-0.2, -0.15) is 0 Å². The van der Waals surface area contributed by atoms with Gasteiger partial charge in [0, 0.05) is 17.4 Å². The fourth-order valence-corrected chi connectivity index (χ4v) is 3.69. The van der Waals surface area contributed by atoms with Crippen molar-refractivity contribution in [2.24, 2.45) is 0 Å². The van der Waals surface area contributed by atoms with Crippen molar-refractivity contribution in [1.82, 2.24) is 19.7 Å². The molecule has 0 saturated carbocycles. The van der Waals surface area contributed by atoms with E-state index in [9.17, 15) is 9.00 Å². The SMILES string of the molecule is CNS(=O)c1cccc(Nc2ncnc3[nH]cc(-c4ccc(C(=O)O)cc4)c23)c1. The summed E-state index contributed by atoms with van der Waals surface area (Å²) in [6.45, 7) is 0. The van der Waals surface area contributed by atoms with E-state index in [0.29, 0.717) is 16.4 Å². The maximum Gasteiger partial charge on any atom is 0.335 e. The molecule has 0 aliphatic heterocycles. The van der Waals surface area contributed by atoms with Crippen molar-refractivity contribution in [3.8, 4) is 11.1 Å². The molecule has 0 amide bonds. The molecule has 0 saturated heterocycles. The summed E-state index contributed by atoms with van der Waals surface area (Å²) in [5, 5.41) is 13.1. The first-order valence-electron chi connectivity index (χ1n) is 8.69. The highest BCUT2D eigenvalue weighted by Gasteiger charge is 2.14. The van der Waals surface area contributed by atoms with E-state index in [1.54, 1.807) is 43.4 Å². The molecule has 4 rings (SSSR count). The van der Waals surface area contributed by atoms with E-state index in [1.807, 2.05) is 18.3 Å². The van der Waals surface area contributed by atoms with E-state index in [4.69, 9.17) is 5.11 Å². The smallest absolute Gasteiger partial charge is 0.335 e. The molecule has 0 aliphatic rings. The van der Waals surface area contributed by atoms with Gasteiger partial charge >= 0.3 is 5.97 Å². The predicted molar refractivity (Wildman–Crippen MR) is 111 cm³/mol. The minimum absolute atomic E-state index is 0.220. The van der Waals surface area contributed by atoms with Gasteiger partial charge in [0.05, 0.1) is 15.8 Å². The van der Waals surface area contributed by atoms with Crippen LogP contribution in [0.4, 0.5) is 11.5 Å². The zero-order chi connectivity index (χ0) is 20.4. The Balaban J connectivity index is 1.75. The molecule has 0 bridgehead atoms. The van der Waals surface area contributed by atoms with Gasteiger partial charge in [0.15, 0.2) is 0 Å². The third-order valence-electron chi connectivity index (χ3n) is 4.41. The number of hydrogen-bond donors (Lipinski definition) is 4. The molecule has 9 heteroatoms. The van der Waals surface area contributed by atoms with Crippen LogP contribution >= 0.6 is 0 Å². The highest BCUT2D eigenvalue weighted by atomic mass is 32.2. The Labute approximate surface area is 168 Å². The molecule has 2 aromatic carbocycles. The average molecular weight is 407 g/mol. The lowest BCUT2D eigenvalue weighted by Gasteiger charge is -2.10. The summed E-state index contributed by atoms with van der Waals surface area (Å²) in [6.07, 6.45) is 3.26. The van der Waals surface area contributed by atoms with E-state index in [2.05, 4.69) is 25.0 Å². The number of carboxylic acid groups (broad SMARTS) is 1. The van der Waals surface area contributed by atoms with Crippen LogP contribution in [0.1, 0.15) is 10.4 Å². The summed E-state index contributed by atoms with van der Waals surface area (Å²) in [6, 6.07) is 13.9. The van der Waals surface area contributed by atoms with Crippen molar-refractivity contribution in [2.45, 2.75) is 4.90 Å². The second kappa shape index (κ2) is 7.82. The molecule has 29 heavy (non-hydrogen) atoms. The maximum absolute atomic E-state index is 12.0. The molecule has 146 valence electrons. The zero-order valence-electron chi connectivity index (χ0n) is 15.3. The number of H-pyrrole nitrogens is 1. The number of nitrogens with zero attached hydrogens (tertiary/aromatic N) is 2. The van der Waals surface area contributed by atoms with Crippen LogP contribution in [0.5, 0.6) is 0 Å². The normalized spacial score (nSPS) is 12.0. The number of aromatic nitrogens is 3. The lowest BCUT2D eigenvalue weighted by Crippen LogP contribution is -2.10. The van der Waals surface area contributed by atoms with Crippen LogP contribution in [-0.2, 0) is 11.0 Å². The Morgan fingerprint density at radius 2 is 1.93 bits per heavy atom. The van der Waals surface area contributed by atoms with E-state index < -0.39 is 17.0 Å². The molecule has 1 unspecified atom stereocenters. The van der Waals surface area contributed by atoms with Crippen molar-refractivity contribution in [1.29, 1.82) is 0 Å². The fourth-order valence-electron chi connectivity index (χ4n) is 3.02. The lowest BCUT2D eigenvalue weighted by molar-refractivity contribution is 0.0697. The quantitative estimate of drug-likeness (QED) is 0.389. The van der Waals surface area contributed by atoms with Crippen LogP contribution < -0.4 is 10.0 Å². The van der Waals surface area contributed by atoms with E-state index in [1.165, 1.54) is 6.33 Å². The number of hydrogen-bond acceptors (Lipinski definition) is 5. The number of carbonyl (C=O) groups is 1. The predicted octanol–water partition coefficient (Wildman–Crippen LogP) is 3.31. The molecule has 4 N–H and O–H groups in total. The van der Waals surface area contributed by atoms with Crippen LogP contribution in [0.15, 0.2) is 66.0 Å². The molecule has 0 aliphatic carbocycles. The topological polar surface area (TPSA) is 120 Å². The summed E-state index contributed by atoms with van der Waals surface area (Å²) < 4.78 is 14.7. The van der Waals surface area contributed by atoms with Crippen LogP contribution in [0.3, 0.4) is 0 Å². The number of aromatic amines is 1. The molecule has 2 aromatic heterocycles. The lowest BCUT2D eigenvalue weighted by atomic mass is 10.0. The highest BCUT2D eigenvalue weighted by molar-refractivity contribution is 7.83. The van der Waals surface area contributed by atoms with Gasteiger partial charge < -0.3 is 15.4 Å². The van der Waals surface area contributed by atoms with E-state index >= 15 is 0 Å². The third kappa shape index (κ3) is 3.73. The Bertz CT molecular complexity index is 1220. The third-order valence-corrected chi connectivity index (χ3v) is 5.46. The number of nitrogens with one attached hydrogen (secondary N) is 3. The van der Waals surface area contributed by atoms with Gasteiger partial charge in [-0.15, -0.1) is 0 Å². The fraction of sp³-hybridized carbons (Fsp3) is 0.0500. The Kier molecular flexibility index (Phi) is 5.07. The van der Waals surface area contributed by atoms with Crippen LogP contribution in [-0.4, -0.2) is 37.3 Å². The van der Waals surface area contributed by atoms with Gasteiger partial charge in [0.1, 0.15) is 28.8 Å². The molecule has 0 radical (unpaired) electrons. The average Bonchev–Trinajstić information content (AvgIpc) is 3.18. The summed E-state index contributed by atoms with van der Waals surface area (Å²) in [5.41, 5.74) is 3.28. The summed E-state index contributed by atoms with van der Waals surface area (Å²) >= 11 is 0. The second-order valence-electron chi connectivity index (χ2n) is 6.16. The molecular formula is C20H17N5O3S. The van der Waals surface area contributed by atoms with E-state index in [-0.39, 0.29) is 5.56 Å². The first-order valence-corrected chi connectivity index (χ1v) is 9.84. The van der Waals surface area contributed by atoms with Gasteiger partial charge in [0.2, 0.25) is 0 Å². The van der Waals surface area contributed by atoms with Crippen LogP contribution in [0.25, 0.3) is 22.2 Å². The van der Waals surface area contributed by atoms with Crippen molar-refractivity contribution >= 4 is 39.5 Å². The van der Waals surface area contributed by atoms with Crippen molar-refractivity contribution < 1.29 is 14.1 Å². The number of anilines is 2. The van der Waals surface area contributed by atoms with Crippen molar-refractivity contribution in [3.05, 3.63) is 66.6 Å². The molecule has 1 atom stereocenters. The minimum Gasteiger partial charge on any atom is -0.478 e. The Morgan fingerprint density at radius 1 is 1.14 bits per heavy atom. The van der Waals surface area contributed by atoms with Crippen molar-refractivity contribution in [2.75, 3.05) is 12.4 Å². The largest absolute Gasteiger partial charge is 0.478 e. The molecule has 0 spiro atoms. The summed E-state index contributed by atoms with van der Waals surface area (Å²) in [4.78, 5) is 23.5. The summed E-state index contributed by atoms with van der Waals surface area (Å²) in [5.74, 6) is -0.388. The zero-order valence-corrected chi connectivity index (χ0v) is 16.2. The second-order valence-corrected chi connectivity index (χ2v) is 7.57. The number of carboxylic acids is 1. The van der Waals surface area contributed by atoms with Crippen LogP contribution in [0.2, 0.25) is 0 Å². The number of aromatic carboxylic acids is 1. The van der Waals surface area contributed by atoms with Gasteiger partial charge in [-0.3, -0.25) is 0 Å². The number of benzene rings is 2. The number of fused-ring (bicyclic) bond motifs is 1. The molecule has 4 aromatic rings. The first kappa shape index (κ1) is 18.8. The van der Waals surface area contributed by atoms with Gasteiger partial charge in [-0.1, -0.05) is 18.2 Å². The monoisotopic (exact) mass is 407 g/mol. The van der Waals surface area contributed by atoms with Gasteiger partial charge in [-0.05, 0) is 42.9 Å². The molecular weight excluding hydrogens is 390 g/mol. The van der Waals surface area contributed by atoms with Gasteiger partial charge in [0.25, 0.3) is 0 Å². The van der Waals surface area contributed by atoms with E-state index in [0.717, 1.165) is 22.2 Å². The maximum atomic E-state index is 12.0.